The molecule has 1 aliphatic rings. The van der Waals surface area contributed by atoms with Gasteiger partial charge in [0.2, 0.25) is 5.91 Å². The van der Waals surface area contributed by atoms with E-state index in [1.807, 2.05) is 61.5 Å². The van der Waals surface area contributed by atoms with Gasteiger partial charge in [0.1, 0.15) is 18.1 Å². The van der Waals surface area contributed by atoms with Crippen molar-refractivity contribution in [2.75, 3.05) is 45.9 Å². The molecule has 7 nitrogen and oxygen atoms in total. The van der Waals surface area contributed by atoms with Gasteiger partial charge in [-0.2, -0.15) is 0 Å². The van der Waals surface area contributed by atoms with Crippen molar-refractivity contribution in [3.05, 3.63) is 93.9 Å². The average Bonchev–Trinajstić information content (AvgIpc) is 3.31. The lowest BCUT2D eigenvalue weighted by atomic mass is 10.2. The van der Waals surface area contributed by atoms with E-state index in [2.05, 4.69) is 20.8 Å². The highest BCUT2D eigenvalue weighted by Gasteiger charge is 2.24. The van der Waals surface area contributed by atoms with Crippen molar-refractivity contribution in [1.29, 1.82) is 0 Å². The van der Waals surface area contributed by atoms with Gasteiger partial charge in [0.15, 0.2) is 0 Å². The highest BCUT2D eigenvalue weighted by atomic mass is 79.9. The van der Waals surface area contributed by atoms with Crippen LogP contribution in [0, 0.1) is 6.92 Å². The van der Waals surface area contributed by atoms with Crippen LogP contribution in [-0.2, 0) is 22.6 Å². The molecule has 1 fully saturated rings. The zero-order chi connectivity index (χ0) is 25.3. The molecular formula is C28H32BrN3O4. The van der Waals surface area contributed by atoms with Crippen molar-refractivity contribution in [2.24, 2.45) is 0 Å². The molecular weight excluding hydrogens is 522 g/mol. The number of morpholine rings is 1. The van der Waals surface area contributed by atoms with E-state index < -0.39 is 0 Å². The summed E-state index contributed by atoms with van der Waals surface area (Å²) in [6, 6.07) is 20.9. The summed E-state index contributed by atoms with van der Waals surface area (Å²) in [6.45, 7) is 6.81. The predicted molar refractivity (Wildman–Crippen MR) is 141 cm³/mol. The zero-order valence-corrected chi connectivity index (χ0v) is 22.2. The van der Waals surface area contributed by atoms with Gasteiger partial charge < -0.3 is 19.0 Å². The molecule has 0 spiro atoms. The molecule has 190 valence electrons. The van der Waals surface area contributed by atoms with Gasteiger partial charge >= 0.3 is 0 Å². The third-order valence-electron chi connectivity index (χ3n) is 6.19. The molecule has 0 atom stereocenters. The van der Waals surface area contributed by atoms with Crippen LogP contribution in [0.1, 0.15) is 27.4 Å². The van der Waals surface area contributed by atoms with E-state index in [9.17, 15) is 9.59 Å². The van der Waals surface area contributed by atoms with Crippen LogP contribution in [0.15, 0.2) is 75.6 Å². The van der Waals surface area contributed by atoms with Crippen LogP contribution in [-0.4, -0.2) is 72.5 Å². The number of nitrogens with zero attached hydrogens (tertiary/aromatic N) is 3. The Labute approximate surface area is 220 Å². The molecule has 2 aromatic carbocycles. The second kappa shape index (κ2) is 12.9. The van der Waals surface area contributed by atoms with E-state index in [4.69, 9.17) is 9.15 Å². The van der Waals surface area contributed by atoms with E-state index in [-0.39, 0.29) is 18.4 Å². The maximum Gasteiger partial charge on any atom is 0.254 e. The monoisotopic (exact) mass is 553 g/mol. The molecule has 1 saturated heterocycles. The number of halogens is 1. The molecule has 1 aliphatic heterocycles. The van der Waals surface area contributed by atoms with Crippen molar-refractivity contribution < 1.29 is 18.7 Å². The fraction of sp³-hybridized carbons (Fsp3) is 0.357. The number of amides is 2. The number of rotatable bonds is 10. The number of hydrogen-bond acceptors (Lipinski definition) is 5. The first-order valence-corrected chi connectivity index (χ1v) is 13.0. The molecule has 2 amide bonds. The average molecular weight is 554 g/mol. The van der Waals surface area contributed by atoms with Gasteiger partial charge in [0.25, 0.3) is 5.91 Å². The molecule has 0 unspecified atom stereocenters. The normalized spacial score (nSPS) is 13.9. The smallest absolute Gasteiger partial charge is 0.254 e. The van der Waals surface area contributed by atoms with E-state index in [1.165, 1.54) is 0 Å². The van der Waals surface area contributed by atoms with E-state index in [1.54, 1.807) is 21.9 Å². The molecule has 0 aliphatic carbocycles. The lowest BCUT2D eigenvalue weighted by Gasteiger charge is -2.31. The number of ether oxygens (including phenoxy) is 1. The minimum atomic E-state index is -0.161. The molecule has 4 rings (SSSR count). The highest BCUT2D eigenvalue weighted by molar-refractivity contribution is 9.10. The standard InChI is InChI=1S/C28H32BrN3O4/c1-22-10-11-26(36-22)20-32(19-23-6-3-2-4-7-23)27(33)21-31(13-12-30-14-16-35-17-15-30)28(34)24-8-5-9-25(29)18-24/h2-11,18H,12-17,19-21H2,1H3. The quantitative estimate of drug-likeness (QED) is 0.373. The first kappa shape index (κ1) is 26.1. The van der Waals surface area contributed by atoms with Crippen LogP contribution in [0.25, 0.3) is 0 Å². The molecule has 0 radical (unpaired) electrons. The van der Waals surface area contributed by atoms with Crippen LogP contribution in [0.5, 0.6) is 0 Å². The number of carbonyl (C=O) groups excluding carboxylic acids is 2. The molecule has 1 aromatic heterocycles. The largest absolute Gasteiger partial charge is 0.464 e. The third kappa shape index (κ3) is 7.53. The van der Waals surface area contributed by atoms with E-state index >= 15 is 0 Å². The summed E-state index contributed by atoms with van der Waals surface area (Å²) in [6.07, 6.45) is 0. The number of furan rings is 1. The van der Waals surface area contributed by atoms with Gasteiger partial charge in [-0.15, -0.1) is 0 Å². The summed E-state index contributed by atoms with van der Waals surface area (Å²) in [4.78, 5) is 32.9. The predicted octanol–water partition coefficient (Wildman–Crippen LogP) is 4.35. The van der Waals surface area contributed by atoms with Gasteiger partial charge in [-0.05, 0) is 42.8 Å². The molecule has 3 aromatic rings. The molecule has 0 N–H and O–H groups in total. The Kier molecular flexibility index (Phi) is 9.33. The zero-order valence-electron chi connectivity index (χ0n) is 20.6. The summed E-state index contributed by atoms with van der Waals surface area (Å²) in [5.74, 6) is 1.23. The number of hydrogen-bond donors (Lipinski definition) is 0. The minimum Gasteiger partial charge on any atom is -0.464 e. The summed E-state index contributed by atoms with van der Waals surface area (Å²) >= 11 is 3.45. The highest BCUT2D eigenvalue weighted by Crippen LogP contribution is 2.16. The fourth-order valence-electron chi connectivity index (χ4n) is 4.20. The fourth-order valence-corrected chi connectivity index (χ4v) is 4.60. The molecule has 0 saturated carbocycles. The van der Waals surface area contributed by atoms with Gasteiger partial charge in [-0.3, -0.25) is 14.5 Å². The molecule has 2 heterocycles. The van der Waals surface area contributed by atoms with E-state index in [0.29, 0.717) is 45.0 Å². The number of carbonyl (C=O) groups is 2. The topological polar surface area (TPSA) is 66.2 Å². The maximum absolute atomic E-state index is 13.7. The van der Waals surface area contributed by atoms with Crippen molar-refractivity contribution in [3.63, 3.8) is 0 Å². The Morgan fingerprint density at radius 1 is 0.944 bits per heavy atom. The SMILES string of the molecule is Cc1ccc(CN(Cc2ccccc2)C(=O)CN(CCN2CCOCC2)C(=O)c2cccc(Br)c2)o1. The van der Waals surface area contributed by atoms with Gasteiger partial charge in [-0.25, -0.2) is 0 Å². The second-order valence-electron chi connectivity index (χ2n) is 8.94. The first-order chi connectivity index (χ1) is 17.5. The Hall–Kier alpha value is -2.94. The lowest BCUT2D eigenvalue weighted by Crippen LogP contribution is -2.47. The molecule has 36 heavy (non-hydrogen) atoms. The van der Waals surface area contributed by atoms with Crippen LogP contribution in [0.3, 0.4) is 0 Å². The van der Waals surface area contributed by atoms with E-state index in [0.717, 1.165) is 34.6 Å². The Balaban J connectivity index is 1.52. The van der Waals surface area contributed by atoms with Crippen molar-refractivity contribution >= 4 is 27.7 Å². The Morgan fingerprint density at radius 2 is 1.72 bits per heavy atom. The molecule has 8 heteroatoms. The van der Waals surface area contributed by atoms with Crippen LogP contribution >= 0.6 is 15.9 Å². The van der Waals surface area contributed by atoms with Crippen molar-refractivity contribution in [1.82, 2.24) is 14.7 Å². The van der Waals surface area contributed by atoms with Gasteiger partial charge in [-0.1, -0.05) is 52.3 Å². The van der Waals surface area contributed by atoms with Crippen LogP contribution < -0.4 is 0 Å². The van der Waals surface area contributed by atoms with Gasteiger partial charge in [0.05, 0.1) is 19.8 Å². The maximum atomic E-state index is 13.7. The summed E-state index contributed by atoms with van der Waals surface area (Å²) in [5.41, 5.74) is 1.57. The van der Waals surface area contributed by atoms with Crippen molar-refractivity contribution in [3.8, 4) is 0 Å². The lowest BCUT2D eigenvalue weighted by molar-refractivity contribution is -0.133. The summed E-state index contributed by atoms with van der Waals surface area (Å²) < 4.78 is 12.0. The Bertz CT molecular complexity index is 1140. The minimum absolute atomic E-state index is 0.0117. The van der Waals surface area contributed by atoms with Crippen molar-refractivity contribution in [2.45, 2.75) is 20.0 Å². The third-order valence-corrected chi connectivity index (χ3v) is 6.68. The number of benzene rings is 2. The Morgan fingerprint density at radius 3 is 2.42 bits per heavy atom. The second-order valence-corrected chi connectivity index (χ2v) is 9.85. The number of aryl methyl sites for hydroxylation is 1. The van der Waals surface area contributed by atoms with Gasteiger partial charge in [0, 0.05) is 42.8 Å². The van der Waals surface area contributed by atoms with Crippen LogP contribution in [0.4, 0.5) is 0 Å². The summed E-state index contributed by atoms with van der Waals surface area (Å²) in [7, 11) is 0. The van der Waals surface area contributed by atoms with Crippen LogP contribution in [0.2, 0.25) is 0 Å². The first-order valence-electron chi connectivity index (χ1n) is 12.2. The summed E-state index contributed by atoms with van der Waals surface area (Å²) in [5, 5.41) is 0. The molecule has 0 bridgehead atoms.